The van der Waals surface area contributed by atoms with Crippen LogP contribution in [0, 0.1) is 6.92 Å². The molecule has 0 saturated carbocycles. The molecule has 6 nitrogen and oxygen atoms in total. The molecule has 1 aliphatic rings. The number of rotatable bonds is 5. The molecule has 0 spiro atoms. The van der Waals surface area contributed by atoms with Gasteiger partial charge in [0.25, 0.3) is 15.9 Å². The van der Waals surface area contributed by atoms with Gasteiger partial charge in [0.15, 0.2) is 6.10 Å². The van der Waals surface area contributed by atoms with E-state index in [2.05, 4.69) is 19.2 Å². The molecule has 8 heteroatoms. The van der Waals surface area contributed by atoms with E-state index in [-0.39, 0.29) is 17.2 Å². The second-order valence-electron chi connectivity index (χ2n) is 8.33. The number of halogens is 1. The van der Waals surface area contributed by atoms with Crippen molar-refractivity contribution in [2.75, 3.05) is 16.2 Å². The van der Waals surface area contributed by atoms with Crippen molar-refractivity contribution >= 4 is 38.9 Å². The molecule has 3 aromatic rings. The highest BCUT2D eigenvalue weighted by Gasteiger charge is 2.37. The summed E-state index contributed by atoms with van der Waals surface area (Å²) < 4.78 is 34.1. The fourth-order valence-corrected chi connectivity index (χ4v) is 5.23. The Hall–Kier alpha value is -3.03. The van der Waals surface area contributed by atoms with Crippen LogP contribution >= 0.6 is 11.6 Å². The summed E-state index contributed by atoms with van der Waals surface area (Å²) in [6.07, 6.45) is -1.04. The number of fused-ring (bicyclic) bond motifs is 1. The summed E-state index contributed by atoms with van der Waals surface area (Å²) in [6, 6.07) is 18.8. The summed E-state index contributed by atoms with van der Waals surface area (Å²) in [7, 11) is -3.95. The average Bonchev–Trinajstić information content (AvgIpc) is 2.79. The number of carbonyl (C=O) groups is 1. The molecule has 1 aliphatic heterocycles. The monoisotopic (exact) mass is 484 g/mol. The summed E-state index contributed by atoms with van der Waals surface area (Å²) in [4.78, 5) is 13.2. The molecule has 1 amide bonds. The predicted octanol–water partition coefficient (Wildman–Crippen LogP) is 5.37. The van der Waals surface area contributed by atoms with Crippen molar-refractivity contribution in [3.8, 4) is 5.75 Å². The zero-order valence-corrected chi connectivity index (χ0v) is 20.2. The summed E-state index contributed by atoms with van der Waals surface area (Å²) in [5.41, 5.74) is 3.01. The third-order valence-electron chi connectivity index (χ3n) is 5.54. The summed E-state index contributed by atoms with van der Waals surface area (Å²) in [6.45, 7) is 5.89. The fraction of sp³-hybridized carbons (Fsp3) is 0.240. The zero-order chi connectivity index (χ0) is 23.8. The lowest BCUT2D eigenvalue weighted by Gasteiger charge is -2.35. The third-order valence-corrected chi connectivity index (χ3v) is 7.57. The molecule has 1 atom stereocenters. The third kappa shape index (κ3) is 4.84. The number of benzene rings is 3. The maximum atomic E-state index is 13.5. The summed E-state index contributed by atoms with van der Waals surface area (Å²) in [5, 5.41) is 3.20. The molecule has 0 aromatic heterocycles. The van der Waals surface area contributed by atoms with Crippen molar-refractivity contribution in [3.63, 3.8) is 0 Å². The normalized spacial score (nSPS) is 15.7. The molecule has 33 heavy (non-hydrogen) atoms. The lowest BCUT2D eigenvalue weighted by atomic mass is 10.0. The SMILES string of the molecule is Cc1ccc(S(=O)(=O)N2C[C@@H](C(=O)Nc3ccc(C(C)C)cc3)Oc3ccc(Cl)cc32)cc1. The van der Waals surface area contributed by atoms with Crippen LogP contribution in [0.5, 0.6) is 5.75 Å². The van der Waals surface area contributed by atoms with Crippen LogP contribution in [0.2, 0.25) is 5.02 Å². The van der Waals surface area contributed by atoms with E-state index in [1.54, 1.807) is 36.4 Å². The Bertz CT molecular complexity index is 1270. The highest BCUT2D eigenvalue weighted by atomic mass is 35.5. The van der Waals surface area contributed by atoms with Crippen molar-refractivity contribution in [1.29, 1.82) is 0 Å². The molecular weight excluding hydrogens is 460 g/mol. The van der Waals surface area contributed by atoms with E-state index in [0.717, 1.165) is 11.1 Å². The smallest absolute Gasteiger partial charge is 0.267 e. The van der Waals surface area contributed by atoms with Gasteiger partial charge >= 0.3 is 0 Å². The van der Waals surface area contributed by atoms with Crippen molar-refractivity contribution in [2.45, 2.75) is 37.7 Å². The second kappa shape index (κ2) is 9.08. The van der Waals surface area contributed by atoms with Crippen LogP contribution in [0.1, 0.15) is 30.9 Å². The Kier molecular flexibility index (Phi) is 6.36. The molecule has 3 aromatic carbocycles. The van der Waals surface area contributed by atoms with E-state index in [0.29, 0.717) is 22.3 Å². The zero-order valence-electron chi connectivity index (χ0n) is 18.6. The van der Waals surface area contributed by atoms with Gasteiger partial charge in [-0.1, -0.05) is 55.3 Å². The number of nitrogens with one attached hydrogen (secondary N) is 1. The average molecular weight is 485 g/mol. The molecule has 172 valence electrons. The number of carbonyl (C=O) groups excluding carboxylic acids is 1. The van der Waals surface area contributed by atoms with Gasteiger partial charge in [-0.05, 0) is 60.9 Å². The summed E-state index contributed by atoms with van der Waals surface area (Å²) >= 11 is 6.14. The Morgan fingerprint density at radius 2 is 1.73 bits per heavy atom. The van der Waals surface area contributed by atoms with Crippen molar-refractivity contribution < 1.29 is 17.9 Å². The predicted molar refractivity (Wildman–Crippen MR) is 131 cm³/mol. The lowest BCUT2D eigenvalue weighted by molar-refractivity contribution is -0.122. The Labute approximate surface area is 199 Å². The number of sulfonamides is 1. The van der Waals surface area contributed by atoms with Crippen LogP contribution in [0.4, 0.5) is 11.4 Å². The van der Waals surface area contributed by atoms with Gasteiger partial charge in [0.05, 0.1) is 17.1 Å². The molecule has 0 fully saturated rings. The molecular formula is C25H25ClN2O4S. The van der Waals surface area contributed by atoms with E-state index in [1.807, 2.05) is 31.2 Å². The van der Waals surface area contributed by atoms with Gasteiger partial charge in [-0.3, -0.25) is 9.10 Å². The van der Waals surface area contributed by atoms with Gasteiger partial charge in [0.1, 0.15) is 5.75 Å². The van der Waals surface area contributed by atoms with Crippen molar-refractivity contribution in [2.24, 2.45) is 0 Å². The number of hydrogen-bond donors (Lipinski definition) is 1. The van der Waals surface area contributed by atoms with Crippen molar-refractivity contribution in [1.82, 2.24) is 0 Å². The first-order chi connectivity index (χ1) is 15.6. The Balaban J connectivity index is 1.64. The largest absolute Gasteiger partial charge is 0.476 e. The van der Waals surface area contributed by atoms with Gasteiger partial charge in [-0.15, -0.1) is 0 Å². The van der Waals surface area contributed by atoms with Crippen LogP contribution in [0.15, 0.2) is 71.6 Å². The molecule has 1 heterocycles. The number of hydrogen-bond acceptors (Lipinski definition) is 4. The van der Waals surface area contributed by atoms with Crippen LogP contribution in [0.3, 0.4) is 0 Å². The molecule has 4 rings (SSSR count). The van der Waals surface area contributed by atoms with Crippen LogP contribution in [-0.2, 0) is 14.8 Å². The van der Waals surface area contributed by atoms with Crippen LogP contribution < -0.4 is 14.4 Å². The number of amides is 1. The topological polar surface area (TPSA) is 75.7 Å². The Morgan fingerprint density at radius 1 is 1.06 bits per heavy atom. The first-order valence-corrected chi connectivity index (χ1v) is 12.4. The van der Waals surface area contributed by atoms with Gasteiger partial charge in [0.2, 0.25) is 0 Å². The molecule has 0 saturated heterocycles. The van der Waals surface area contributed by atoms with Crippen LogP contribution in [-0.4, -0.2) is 27.0 Å². The minimum Gasteiger partial charge on any atom is -0.476 e. The van der Waals surface area contributed by atoms with E-state index < -0.39 is 22.0 Å². The first-order valence-electron chi connectivity index (χ1n) is 10.6. The molecule has 1 N–H and O–H groups in total. The fourth-order valence-electron chi connectivity index (χ4n) is 3.60. The molecule has 0 bridgehead atoms. The molecule has 0 radical (unpaired) electrons. The quantitative estimate of drug-likeness (QED) is 0.528. The van der Waals surface area contributed by atoms with E-state index in [1.165, 1.54) is 10.4 Å². The molecule has 0 unspecified atom stereocenters. The van der Waals surface area contributed by atoms with Crippen LogP contribution in [0.25, 0.3) is 0 Å². The van der Waals surface area contributed by atoms with E-state index >= 15 is 0 Å². The Morgan fingerprint density at radius 3 is 2.36 bits per heavy atom. The van der Waals surface area contributed by atoms with Gasteiger partial charge in [0, 0.05) is 10.7 Å². The second-order valence-corrected chi connectivity index (χ2v) is 10.6. The van der Waals surface area contributed by atoms with Gasteiger partial charge in [-0.25, -0.2) is 8.42 Å². The highest BCUT2D eigenvalue weighted by molar-refractivity contribution is 7.92. The van der Waals surface area contributed by atoms with E-state index in [4.69, 9.17) is 16.3 Å². The maximum absolute atomic E-state index is 13.5. The molecule has 0 aliphatic carbocycles. The number of aryl methyl sites for hydroxylation is 1. The first kappa shape index (κ1) is 23.1. The van der Waals surface area contributed by atoms with E-state index in [9.17, 15) is 13.2 Å². The van der Waals surface area contributed by atoms with Crippen molar-refractivity contribution in [3.05, 3.63) is 82.9 Å². The number of anilines is 2. The number of ether oxygens (including phenoxy) is 1. The van der Waals surface area contributed by atoms with Gasteiger partial charge in [-0.2, -0.15) is 0 Å². The minimum atomic E-state index is -3.95. The highest BCUT2D eigenvalue weighted by Crippen LogP contribution is 2.39. The number of nitrogens with zero attached hydrogens (tertiary/aromatic N) is 1. The standard InChI is InChI=1S/C25H25ClN2O4S/c1-16(2)18-6-9-20(10-7-18)27-25(29)24-15-28(22-14-19(26)8-13-23(22)32-24)33(30,31)21-11-4-17(3)5-12-21/h4-14,16,24H,15H2,1-3H3,(H,27,29)/t24-/m0/s1. The summed E-state index contributed by atoms with van der Waals surface area (Å²) in [5.74, 6) is 0.217. The maximum Gasteiger partial charge on any atom is 0.267 e. The van der Waals surface area contributed by atoms with Gasteiger partial charge < -0.3 is 10.1 Å². The minimum absolute atomic E-state index is 0.129. The lowest BCUT2D eigenvalue weighted by Crippen LogP contribution is -2.48.